The lowest BCUT2D eigenvalue weighted by Crippen LogP contribution is -2.22. The molecular formula is C25H22N4O4. The van der Waals surface area contributed by atoms with Crippen LogP contribution in [0.15, 0.2) is 66.9 Å². The number of carbonyl (C=O) groups excluding carboxylic acids is 3. The Hall–Kier alpha value is -4.33. The van der Waals surface area contributed by atoms with Crippen molar-refractivity contribution in [3.8, 4) is 11.3 Å². The second-order valence-electron chi connectivity index (χ2n) is 7.34. The lowest BCUT2D eigenvalue weighted by Gasteiger charge is -2.11. The molecular weight excluding hydrogens is 420 g/mol. The molecule has 0 radical (unpaired) electrons. The molecule has 0 aliphatic rings. The van der Waals surface area contributed by atoms with Crippen LogP contribution in [0.2, 0.25) is 0 Å². The van der Waals surface area contributed by atoms with Crippen molar-refractivity contribution >= 4 is 34.4 Å². The van der Waals surface area contributed by atoms with E-state index in [-0.39, 0.29) is 11.3 Å². The van der Waals surface area contributed by atoms with Gasteiger partial charge in [-0.05, 0) is 32.0 Å². The smallest absolute Gasteiger partial charge is 0.339 e. The Kier molecular flexibility index (Phi) is 6.26. The number of hydrogen-bond donors (Lipinski definition) is 1. The molecule has 2 aromatic heterocycles. The second-order valence-corrected chi connectivity index (χ2v) is 7.34. The minimum absolute atomic E-state index is 0.177. The van der Waals surface area contributed by atoms with Crippen molar-refractivity contribution in [3.63, 3.8) is 0 Å². The van der Waals surface area contributed by atoms with Crippen LogP contribution in [0.4, 0.5) is 5.69 Å². The van der Waals surface area contributed by atoms with Crippen molar-refractivity contribution < 1.29 is 19.1 Å². The van der Waals surface area contributed by atoms with E-state index in [9.17, 15) is 14.4 Å². The first-order valence-corrected chi connectivity index (χ1v) is 10.5. The van der Waals surface area contributed by atoms with Gasteiger partial charge in [0.1, 0.15) is 0 Å². The molecule has 0 fully saturated rings. The van der Waals surface area contributed by atoms with E-state index in [4.69, 9.17) is 4.74 Å². The summed E-state index contributed by atoms with van der Waals surface area (Å²) in [6.07, 6.45) is 1.57. The number of hydrogen-bond acceptors (Lipinski definition) is 6. The van der Waals surface area contributed by atoms with Crippen LogP contribution in [-0.2, 0) is 16.1 Å². The molecule has 0 saturated carbocycles. The number of nitrogens with zero attached hydrogens (tertiary/aromatic N) is 3. The van der Waals surface area contributed by atoms with Gasteiger partial charge in [-0.2, -0.15) is 5.10 Å². The summed E-state index contributed by atoms with van der Waals surface area (Å²) in [7, 11) is 0. The van der Waals surface area contributed by atoms with Crippen molar-refractivity contribution in [3.05, 3.63) is 78.0 Å². The number of pyridine rings is 1. The van der Waals surface area contributed by atoms with Crippen molar-refractivity contribution in [1.29, 1.82) is 0 Å². The molecule has 2 heterocycles. The molecule has 4 rings (SSSR count). The number of nitrogens with one attached hydrogen (secondary N) is 1. The van der Waals surface area contributed by atoms with Crippen LogP contribution >= 0.6 is 0 Å². The second kappa shape index (κ2) is 9.44. The van der Waals surface area contributed by atoms with Crippen LogP contribution < -0.4 is 5.32 Å². The third-order valence-electron chi connectivity index (χ3n) is 5.11. The quantitative estimate of drug-likeness (QED) is 0.341. The van der Waals surface area contributed by atoms with Crippen LogP contribution in [0.25, 0.3) is 22.3 Å². The van der Waals surface area contributed by atoms with Gasteiger partial charge in [0, 0.05) is 17.7 Å². The largest absolute Gasteiger partial charge is 0.452 e. The van der Waals surface area contributed by atoms with E-state index < -0.39 is 18.5 Å². The standard InChI is InChI=1S/C25H22N4O4/c1-3-29-24-20(14-26-29)19(13-22(28-24)17-9-5-4-6-10-17)25(32)33-15-23(31)27-21-12-8-7-11-18(21)16(2)30/h4-14H,3,15H2,1-2H3,(H,27,31). The summed E-state index contributed by atoms with van der Waals surface area (Å²) in [4.78, 5) is 41.8. The van der Waals surface area contributed by atoms with Crippen LogP contribution in [0, 0.1) is 0 Å². The number of ketones is 1. The first-order chi connectivity index (χ1) is 16.0. The highest BCUT2D eigenvalue weighted by atomic mass is 16.5. The summed E-state index contributed by atoms with van der Waals surface area (Å²) < 4.78 is 7.00. The number of aryl methyl sites for hydroxylation is 1. The highest BCUT2D eigenvalue weighted by molar-refractivity contribution is 6.06. The molecule has 0 saturated heterocycles. The Morgan fingerprint density at radius 1 is 1.00 bits per heavy atom. The fourth-order valence-electron chi connectivity index (χ4n) is 3.50. The Bertz CT molecular complexity index is 1350. The lowest BCUT2D eigenvalue weighted by molar-refractivity contribution is -0.119. The van der Waals surface area contributed by atoms with Gasteiger partial charge in [-0.15, -0.1) is 0 Å². The van der Waals surface area contributed by atoms with Gasteiger partial charge in [-0.1, -0.05) is 42.5 Å². The molecule has 0 aliphatic carbocycles. The molecule has 0 unspecified atom stereocenters. The summed E-state index contributed by atoms with van der Waals surface area (Å²) in [5, 5.41) is 7.47. The zero-order valence-electron chi connectivity index (χ0n) is 18.2. The zero-order chi connectivity index (χ0) is 23.4. The number of para-hydroxylation sites is 1. The van der Waals surface area contributed by atoms with Crippen molar-refractivity contribution in [1.82, 2.24) is 14.8 Å². The predicted octanol–water partition coefficient (Wildman–Crippen LogP) is 4.12. The molecule has 8 heteroatoms. The van der Waals surface area contributed by atoms with Gasteiger partial charge in [-0.25, -0.2) is 14.5 Å². The number of benzene rings is 2. The minimum atomic E-state index is -0.662. The van der Waals surface area contributed by atoms with Gasteiger partial charge in [0.25, 0.3) is 5.91 Å². The molecule has 4 aromatic rings. The molecule has 0 atom stereocenters. The summed E-state index contributed by atoms with van der Waals surface area (Å²) in [5.41, 5.74) is 3.03. The molecule has 1 N–H and O–H groups in total. The molecule has 0 spiro atoms. The molecule has 2 aromatic carbocycles. The fourth-order valence-corrected chi connectivity index (χ4v) is 3.50. The fraction of sp³-hybridized carbons (Fsp3) is 0.160. The number of amides is 1. The summed E-state index contributed by atoms with van der Waals surface area (Å²) in [5.74, 6) is -1.39. The van der Waals surface area contributed by atoms with Gasteiger partial charge < -0.3 is 10.1 Å². The van der Waals surface area contributed by atoms with E-state index in [1.54, 1.807) is 41.2 Å². The third-order valence-corrected chi connectivity index (χ3v) is 5.11. The third kappa shape index (κ3) is 4.64. The van der Waals surface area contributed by atoms with Gasteiger partial charge in [-0.3, -0.25) is 9.59 Å². The summed E-state index contributed by atoms with van der Waals surface area (Å²) >= 11 is 0. The molecule has 0 bridgehead atoms. The number of carbonyl (C=O) groups is 3. The molecule has 33 heavy (non-hydrogen) atoms. The van der Waals surface area contributed by atoms with Gasteiger partial charge >= 0.3 is 5.97 Å². The van der Waals surface area contributed by atoms with Crippen molar-refractivity contribution in [2.24, 2.45) is 0 Å². The summed E-state index contributed by atoms with van der Waals surface area (Å²) in [6, 6.07) is 17.8. The highest BCUT2D eigenvalue weighted by Gasteiger charge is 2.19. The van der Waals surface area contributed by atoms with Crippen LogP contribution in [-0.4, -0.2) is 39.0 Å². The summed E-state index contributed by atoms with van der Waals surface area (Å²) in [6.45, 7) is 3.43. The number of aromatic nitrogens is 3. The lowest BCUT2D eigenvalue weighted by atomic mass is 10.1. The molecule has 166 valence electrons. The number of esters is 1. The van der Waals surface area contributed by atoms with E-state index in [2.05, 4.69) is 15.4 Å². The number of fused-ring (bicyclic) bond motifs is 1. The average Bonchev–Trinajstić information content (AvgIpc) is 3.26. The van der Waals surface area contributed by atoms with Crippen LogP contribution in [0.1, 0.15) is 34.6 Å². The van der Waals surface area contributed by atoms with E-state index in [1.807, 2.05) is 37.3 Å². The average molecular weight is 442 g/mol. The van der Waals surface area contributed by atoms with Crippen molar-refractivity contribution in [2.45, 2.75) is 20.4 Å². The maximum Gasteiger partial charge on any atom is 0.339 e. The minimum Gasteiger partial charge on any atom is -0.452 e. The van der Waals surface area contributed by atoms with E-state index in [1.165, 1.54) is 6.92 Å². The molecule has 0 aliphatic heterocycles. The Balaban J connectivity index is 1.57. The topological polar surface area (TPSA) is 103 Å². The van der Waals surface area contributed by atoms with E-state index >= 15 is 0 Å². The van der Waals surface area contributed by atoms with Gasteiger partial charge in [0.15, 0.2) is 18.0 Å². The maximum atomic E-state index is 13.0. The first kappa shape index (κ1) is 21.9. The number of ether oxygens (including phenoxy) is 1. The van der Waals surface area contributed by atoms with Crippen LogP contribution in [0.3, 0.4) is 0 Å². The highest BCUT2D eigenvalue weighted by Crippen LogP contribution is 2.25. The van der Waals surface area contributed by atoms with E-state index in [0.29, 0.717) is 34.5 Å². The number of anilines is 1. The first-order valence-electron chi connectivity index (χ1n) is 10.5. The normalized spacial score (nSPS) is 10.7. The SMILES string of the molecule is CCn1ncc2c(C(=O)OCC(=O)Nc3ccccc3C(C)=O)cc(-c3ccccc3)nc21. The monoisotopic (exact) mass is 442 g/mol. The predicted molar refractivity (Wildman–Crippen MR) is 124 cm³/mol. The maximum absolute atomic E-state index is 13.0. The Labute approximate surface area is 190 Å². The number of rotatable bonds is 7. The Morgan fingerprint density at radius 3 is 2.45 bits per heavy atom. The van der Waals surface area contributed by atoms with E-state index in [0.717, 1.165) is 5.56 Å². The van der Waals surface area contributed by atoms with Crippen LogP contribution in [0.5, 0.6) is 0 Å². The van der Waals surface area contributed by atoms with Gasteiger partial charge in [0.05, 0.1) is 28.5 Å². The number of Topliss-reactive ketones (excluding diaryl/α,β-unsaturated/α-hetero) is 1. The van der Waals surface area contributed by atoms with Gasteiger partial charge in [0.2, 0.25) is 0 Å². The zero-order valence-corrected chi connectivity index (χ0v) is 18.2. The molecule has 8 nitrogen and oxygen atoms in total. The molecule has 1 amide bonds. The Morgan fingerprint density at radius 2 is 1.73 bits per heavy atom. The van der Waals surface area contributed by atoms with Crippen molar-refractivity contribution in [2.75, 3.05) is 11.9 Å².